The highest BCUT2D eigenvalue weighted by Gasteiger charge is 2.37. The van der Waals surface area contributed by atoms with Crippen LogP contribution in [0.3, 0.4) is 0 Å². The van der Waals surface area contributed by atoms with Crippen molar-refractivity contribution in [1.29, 1.82) is 0 Å². The average molecular weight is 352 g/mol. The average Bonchev–Trinajstić information content (AvgIpc) is 2.45. The third kappa shape index (κ3) is 3.87. The highest BCUT2D eigenvalue weighted by atomic mass is 35.5. The van der Waals surface area contributed by atoms with Crippen LogP contribution in [0.5, 0.6) is 0 Å². The number of halogens is 4. The second-order valence-corrected chi connectivity index (χ2v) is 6.19. The summed E-state index contributed by atoms with van der Waals surface area (Å²) in [6.45, 7) is 1.06. The van der Waals surface area contributed by atoms with Crippen LogP contribution in [-0.2, 0) is 6.18 Å². The molecule has 0 bridgehead atoms. The van der Waals surface area contributed by atoms with E-state index in [1.807, 2.05) is 19.0 Å². The smallest absolute Gasteiger partial charge is 0.364 e. The van der Waals surface area contributed by atoms with E-state index in [0.29, 0.717) is 19.2 Å². The van der Waals surface area contributed by atoms with E-state index in [1.165, 1.54) is 0 Å². The van der Waals surface area contributed by atoms with Crippen molar-refractivity contribution < 1.29 is 18.1 Å². The molecule has 2 rings (SSSR count). The third-order valence-electron chi connectivity index (χ3n) is 4.03. The van der Waals surface area contributed by atoms with Crippen LogP contribution >= 0.6 is 11.6 Å². The fraction of sp³-hybridized carbons (Fsp3) is 0.571. The lowest BCUT2D eigenvalue weighted by Crippen LogP contribution is -2.45. The van der Waals surface area contributed by atoms with E-state index in [0.717, 1.165) is 18.9 Å². The van der Waals surface area contributed by atoms with Crippen LogP contribution in [-0.4, -0.2) is 43.0 Å². The molecule has 0 saturated carbocycles. The number of alkyl halides is 3. The first-order chi connectivity index (χ1) is 10.6. The zero-order valence-electron chi connectivity index (χ0n) is 12.7. The lowest BCUT2D eigenvalue weighted by atomic mass is 10.0. The molecule has 23 heavy (non-hydrogen) atoms. The maximum atomic E-state index is 12.9. The summed E-state index contributed by atoms with van der Waals surface area (Å²) >= 11 is 5.73. The van der Waals surface area contributed by atoms with Crippen LogP contribution in [0.2, 0.25) is 5.02 Å². The quantitative estimate of drug-likeness (QED) is 0.614. The van der Waals surface area contributed by atoms with E-state index >= 15 is 0 Å². The summed E-state index contributed by atoms with van der Waals surface area (Å²) in [4.78, 5) is 14.2. The predicted octanol–water partition coefficient (Wildman–Crippen LogP) is 3.80. The first-order valence-corrected chi connectivity index (χ1v) is 7.45. The monoisotopic (exact) mass is 351 g/mol. The van der Waals surface area contributed by atoms with Gasteiger partial charge in [0.05, 0.1) is 15.5 Å². The molecule has 1 saturated heterocycles. The number of hydrogen-bond donors (Lipinski definition) is 0. The summed E-state index contributed by atoms with van der Waals surface area (Å²) in [6.07, 6.45) is -2.99. The van der Waals surface area contributed by atoms with Crippen LogP contribution in [0.4, 0.5) is 24.5 Å². The summed E-state index contributed by atoms with van der Waals surface area (Å²) in [5.41, 5.74) is -1.61. The van der Waals surface area contributed by atoms with Crippen molar-refractivity contribution in [3.05, 3.63) is 32.8 Å². The Morgan fingerprint density at radius 2 is 2.04 bits per heavy atom. The molecule has 1 heterocycles. The molecule has 0 unspecified atom stereocenters. The Bertz CT molecular complexity index is 608. The minimum atomic E-state index is -4.73. The Balaban J connectivity index is 2.45. The van der Waals surface area contributed by atoms with Gasteiger partial charge >= 0.3 is 6.18 Å². The molecule has 0 amide bonds. The van der Waals surface area contributed by atoms with Gasteiger partial charge in [0.25, 0.3) is 5.69 Å². The fourth-order valence-corrected chi connectivity index (χ4v) is 3.03. The molecule has 1 atom stereocenters. The number of nitro benzene ring substituents is 1. The van der Waals surface area contributed by atoms with E-state index in [-0.39, 0.29) is 11.7 Å². The maximum Gasteiger partial charge on any atom is 0.418 e. The number of nitrogens with zero attached hydrogens (tertiary/aromatic N) is 3. The summed E-state index contributed by atoms with van der Waals surface area (Å²) in [5.74, 6) is 0. The molecule has 0 aliphatic carbocycles. The Kier molecular flexibility index (Phi) is 5.05. The van der Waals surface area contributed by atoms with Crippen molar-refractivity contribution >= 4 is 23.0 Å². The molecule has 1 aliphatic heterocycles. The number of piperidine rings is 1. The molecule has 0 aromatic heterocycles. The molecule has 0 radical (unpaired) electrons. The first kappa shape index (κ1) is 17.8. The lowest BCUT2D eigenvalue weighted by Gasteiger charge is -2.37. The van der Waals surface area contributed by atoms with Gasteiger partial charge in [-0.1, -0.05) is 11.6 Å². The lowest BCUT2D eigenvalue weighted by molar-refractivity contribution is -0.384. The van der Waals surface area contributed by atoms with Crippen LogP contribution in [0.1, 0.15) is 18.4 Å². The zero-order valence-corrected chi connectivity index (χ0v) is 13.5. The standard InChI is InChI=1S/C14H17ClF3N3O2/c1-19(2)9-4-3-5-20(8-9)12-7-11(15)10(14(16,17)18)6-13(12)21(22)23/h6-7,9H,3-5,8H2,1-2H3/t9-/m0/s1. The molecule has 1 aromatic carbocycles. The van der Waals surface area contributed by atoms with Gasteiger partial charge < -0.3 is 9.80 Å². The van der Waals surface area contributed by atoms with Gasteiger partial charge in [-0.3, -0.25) is 10.1 Å². The summed E-state index contributed by atoms with van der Waals surface area (Å²) in [7, 11) is 3.81. The largest absolute Gasteiger partial charge is 0.418 e. The van der Waals surface area contributed by atoms with Gasteiger partial charge in [0.15, 0.2) is 0 Å². The zero-order chi connectivity index (χ0) is 17.4. The molecule has 0 spiro atoms. The van der Waals surface area contributed by atoms with Gasteiger partial charge in [0.1, 0.15) is 5.69 Å². The van der Waals surface area contributed by atoms with Crippen molar-refractivity contribution in [3.8, 4) is 0 Å². The molecule has 0 N–H and O–H groups in total. The molecule has 5 nitrogen and oxygen atoms in total. The summed E-state index contributed by atoms with van der Waals surface area (Å²) < 4.78 is 38.7. The Labute approximate surface area is 136 Å². The third-order valence-corrected chi connectivity index (χ3v) is 4.35. The van der Waals surface area contributed by atoms with Gasteiger partial charge in [-0.2, -0.15) is 13.2 Å². The van der Waals surface area contributed by atoms with Crippen LogP contribution in [0.15, 0.2) is 12.1 Å². The van der Waals surface area contributed by atoms with Gasteiger partial charge in [0, 0.05) is 25.2 Å². The van der Waals surface area contributed by atoms with Crippen molar-refractivity contribution in [3.63, 3.8) is 0 Å². The number of nitro groups is 1. The van der Waals surface area contributed by atoms with Crippen LogP contribution < -0.4 is 4.90 Å². The highest BCUT2D eigenvalue weighted by Crippen LogP contribution is 2.42. The SMILES string of the molecule is CN(C)[C@H]1CCCN(c2cc(Cl)c(C(F)(F)F)cc2[N+](=O)[O-])C1. The van der Waals surface area contributed by atoms with Gasteiger partial charge in [-0.05, 0) is 33.0 Å². The number of likely N-dealkylation sites (N-methyl/N-ethyl adjacent to an activating group) is 1. The molecule has 9 heteroatoms. The summed E-state index contributed by atoms with van der Waals surface area (Å²) in [6, 6.07) is 1.77. The van der Waals surface area contributed by atoms with E-state index in [2.05, 4.69) is 0 Å². The van der Waals surface area contributed by atoms with E-state index in [4.69, 9.17) is 11.6 Å². The van der Waals surface area contributed by atoms with Crippen LogP contribution in [0.25, 0.3) is 0 Å². The number of benzene rings is 1. The number of hydrogen-bond acceptors (Lipinski definition) is 4. The minimum absolute atomic E-state index is 0.138. The Morgan fingerprint density at radius 1 is 1.39 bits per heavy atom. The van der Waals surface area contributed by atoms with Crippen LogP contribution in [0, 0.1) is 10.1 Å². The second-order valence-electron chi connectivity index (χ2n) is 5.78. The normalized spacial score (nSPS) is 19.3. The molecular formula is C14H17ClF3N3O2. The Morgan fingerprint density at radius 3 is 2.57 bits per heavy atom. The van der Waals surface area contributed by atoms with Crippen molar-refractivity contribution in [2.75, 3.05) is 32.1 Å². The fourth-order valence-electron chi connectivity index (χ4n) is 2.76. The topological polar surface area (TPSA) is 49.6 Å². The van der Waals surface area contributed by atoms with Gasteiger partial charge in [-0.15, -0.1) is 0 Å². The molecule has 1 aromatic rings. The molecule has 1 aliphatic rings. The van der Waals surface area contributed by atoms with Crippen molar-refractivity contribution in [2.24, 2.45) is 0 Å². The first-order valence-electron chi connectivity index (χ1n) is 7.07. The second kappa shape index (κ2) is 6.52. The van der Waals surface area contributed by atoms with Crippen molar-refractivity contribution in [1.82, 2.24) is 4.90 Å². The van der Waals surface area contributed by atoms with E-state index < -0.39 is 27.4 Å². The summed E-state index contributed by atoms with van der Waals surface area (Å²) in [5, 5.41) is 10.7. The molecular weight excluding hydrogens is 335 g/mol. The highest BCUT2D eigenvalue weighted by molar-refractivity contribution is 6.31. The molecule has 128 valence electrons. The van der Waals surface area contributed by atoms with E-state index in [9.17, 15) is 23.3 Å². The van der Waals surface area contributed by atoms with Crippen molar-refractivity contribution in [2.45, 2.75) is 25.1 Å². The molecule has 1 fully saturated rings. The number of rotatable bonds is 3. The van der Waals surface area contributed by atoms with E-state index in [1.54, 1.807) is 4.90 Å². The van der Waals surface area contributed by atoms with Gasteiger partial charge in [-0.25, -0.2) is 0 Å². The van der Waals surface area contributed by atoms with Gasteiger partial charge in [0.2, 0.25) is 0 Å². The number of anilines is 1. The predicted molar refractivity (Wildman–Crippen MR) is 82.0 cm³/mol. The minimum Gasteiger partial charge on any atom is -0.364 e. The maximum absolute atomic E-state index is 12.9. The Hall–Kier alpha value is -1.54.